The molecule has 0 radical (unpaired) electrons. The van der Waals surface area contributed by atoms with Crippen LogP contribution in [-0.2, 0) is 6.42 Å². The van der Waals surface area contributed by atoms with Crippen molar-refractivity contribution in [2.24, 2.45) is 0 Å². The zero-order chi connectivity index (χ0) is 16.4. The third-order valence-electron chi connectivity index (χ3n) is 4.03. The molecule has 120 valence electrons. The summed E-state index contributed by atoms with van der Waals surface area (Å²) in [6.45, 7) is 1.70. The minimum Gasteiger partial charge on any atom is -0.331 e. The molecule has 1 aliphatic carbocycles. The molecule has 1 aromatic heterocycles. The predicted molar refractivity (Wildman–Crippen MR) is 86.8 cm³/mol. The lowest BCUT2D eigenvalue weighted by Crippen LogP contribution is -2.39. The van der Waals surface area contributed by atoms with Crippen molar-refractivity contribution in [3.63, 3.8) is 0 Å². The van der Waals surface area contributed by atoms with Crippen molar-refractivity contribution in [2.75, 3.05) is 0 Å². The number of hydrogen-bond donors (Lipinski definition) is 2. The first kappa shape index (κ1) is 15.7. The van der Waals surface area contributed by atoms with Crippen LogP contribution in [0, 0.1) is 5.82 Å². The highest BCUT2D eigenvalue weighted by molar-refractivity contribution is 6.30. The van der Waals surface area contributed by atoms with Gasteiger partial charge in [-0.25, -0.2) is 9.18 Å². The van der Waals surface area contributed by atoms with Crippen LogP contribution in [0.4, 0.5) is 9.18 Å². The summed E-state index contributed by atoms with van der Waals surface area (Å²) in [7, 11) is 0. The highest BCUT2D eigenvalue weighted by Gasteiger charge is 2.25. The van der Waals surface area contributed by atoms with E-state index in [0.717, 1.165) is 24.0 Å². The van der Waals surface area contributed by atoms with Crippen LogP contribution in [0.1, 0.15) is 42.2 Å². The molecular weight excluding hydrogens is 317 g/mol. The fourth-order valence-corrected chi connectivity index (χ4v) is 3.11. The van der Waals surface area contributed by atoms with Crippen molar-refractivity contribution >= 4 is 17.6 Å². The minimum absolute atomic E-state index is 0.0527. The number of amides is 2. The van der Waals surface area contributed by atoms with E-state index < -0.39 is 11.9 Å². The SMILES string of the molecule is C[C@H](NC(=O)N[C@@H]1CCc2cc(Cl)ccc21)c1ncccc1F. The molecule has 1 heterocycles. The predicted octanol–water partition coefficient (Wildman–Crippen LogP) is 3.92. The van der Waals surface area contributed by atoms with Gasteiger partial charge < -0.3 is 10.6 Å². The van der Waals surface area contributed by atoms with Crippen molar-refractivity contribution in [1.82, 2.24) is 15.6 Å². The zero-order valence-electron chi connectivity index (χ0n) is 12.6. The lowest BCUT2D eigenvalue weighted by molar-refractivity contribution is 0.233. The van der Waals surface area contributed by atoms with Crippen molar-refractivity contribution in [3.05, 3.63) is 64.2 Å². The first-order chi connectivity index (χ1) is 11.0. The van der Waals surface area contributed by atoms with Gasteiger partial charge in [-0.2, -0.15) is 0 Å². The van der Waals surface area contributed by atoms with Crippen LogP contribution in [0.5, 0.6) is 0 Å². The van der Waals surface area contributed by atoms with Crippen molar-refractivity contribution in [2.45, 2.75) is 31.8 Å². The fraction of sp³-hybridized carbons (Fsp3) is 0.294. The van der Waals surface area contributed by atoms with Crippen molar-refractivity contribution in [3.8, 4) is 0 Å². The topological polar surface area (TPSA) is 54.0 Å². The molecule has 0 saturated heterocycles. The summed E-state index contributed by atoms with van der Waals surface area (Å²) in [6, 6.07) is 7.65. The Bertz CT molecular complexity index is 738. The molecule has 0 bridgehead atoms. The van der Waals surface area contributed by atoms with E-state index in [1.54, 1.807) is 6.92 Å². The van der Waals surface area contributed by atoms with Gasteiger partial charge in [-0.1, -0.05) is 17.7 Å². The highest BCUT2D eigenvalue weighted by atomic mass is 35.5. The summed E-state index contributed by atoms with van der Waals surface area (Å²) < 4.78 is 13.7. The third kappa shape index (κ3) is 3.45. The summed E-state index contributed by atoms with van der Waals surface area (Å²) in [5, 5.41) is 6.36. The fourth-order valence-electron chi connectivity index (χ4n) is 2.92. The van der Waals surface area contributed by atoms with E-state index >= 15 is 0 Å². The average molecular weight is 334 g/mol. The Hall–Kier alpha value is -2.14. The smallest absolute Gasteiger partial charge is 0.315 e. The van der Waals surface area contributed by atoms with E-state index in [-0.39, 0.29) is 17.8 Å². The number of fused-ring (bicyclic) bond motifs is 1. The maximum absolute atomic E-state index is 13.7. The number of pyridine rings is 1. The molecule has 4 nitrogen and oxygen atoms in total. The van der Waals surface area contributed by atoms with Gasteiger partial charge in [0.25, 0.3) is 0 Å². The molecule has 0 saturated carbocycles. The molecule has 1 aromatic carbocycles. The van der Waals surface area contributed by atoms with E-state index in [9.17, 15) is 9.18 Å². The lowest BCUT2D eigenvalue weighted by Gasteiger charge is -2.18. The molecule has 23 heavy (non-hydrogen) atoms. The molecule has 0 fully saturated rings. The van der Waals surface area contributed by atoms with Gasteiger partial charge >= 0.3 is 6.03 Å². The molecule has 2 N–H and O–H groups in total. The number of urea groups is 1. The number of benzene rings is 1. The minimum atomic E-state index is -0.512. The Labute approximate surface area is 139 Å². The maximum Gasteiger partial charge on any atom is 0.315 e. The van der Waals surface area contributed by atoms with Gasteiger partial charge in [-0.3, -0.25) is 4.98 Å². The van der Waals surface area contributed by atoms with Gasteiger partial charge in [0.2, 0.25) is 0 Å². The van der Waals surface area contributed by atoms with Crippen LogP contribution < -0.4 is 10.6 Å². The second-order valence-electron chi connectivity index (χ2n) is 5.64. The molecule has 2 atom stereocenters. The van der Waals surface area contributed by atoms with Crippen molar-refractivity contribution < 1.29 is 9.18 Å². The molecule has 1 aliphatic rings. The number of carbonyl (C=O) groups excluding carboxylic acids is 1. The van der Waals surface area contributed by atoms with Crippen LogP contribution in [0.3, 0.4) is 0 Å². The summed E-state index contributed by atoms with van der Waals surface area (Å²) in [4.78, 5) is 16.1. The van der Waals surface area contributed by atoms with E-state index in [1.165, 1.54) is 18.3 Å². The van der Waals surface area contributed by atoms with Crippen LogP contribution >= 0.6 is 11.6 Å². The van der Waals surface area contributed by atoms with Gasteiger partial charge in [0, 0.05) is 11.2 Å². The number of halogens is 2. The number of hydrogen-bond acceptors (Lipinski definition) is 2. The standard InChI is InChI=1S/C17H17ClFN3O/c1-10(16-14(19)3-2-8-20-16)21-17(23)22-15-7-4-11-9-12(18)5-6-13(11)15/h2-3,5-6,8-10,15H,4,7H2,1H3,(H2,21,22,23)/t10-,15+/m0/s1. The summed E-state index contributed by atoms with van der Waals surface area (Å²) in [5.41, 5.74) is 2.47. The second-order valence-corrected chi connectivity index (χ2v) is 6.08. The Balaban J connectivity index is 1.64. The third-order valence-corrected chi connectivity index (χ3v) is 4.27. The van der Waals surface area contributed by atoms with E-state index in [0.29, 0.717) is 5.02 Å². The number of nitrogens with one attached hydrogen (secondary N) is 2. The number of nitrogens with zero attached hydrogens (tertiary/aromatic N) is 1. The molecule has 0 spiro atoms. The van der Waals surface area contributed by atoms with Crippen LogP contribution in [0.2, 0.25) is 5.02 Å². The molecule has 2 aromatic rings. The summed E-state index contributed by atoms with van der Waals surface area (Å²) in [6.07, 6.45) is 3.21. The van der Waals surface area contributed by atoms with Crippen LogP contribution in [0.15, 0.2) is 36.5 Å². The second kappa shape index (κ2) is 6.54. The lowest BCUT2D eigenvalue weighted by atomic mass is 10.1. The number of carbonyl (C=O) groups is 1. The maximum atomic E-state index is 13.7. The molecule has 0 unspecified atom stereocenters. The quantitative estimate of drug-likeness (QED) is 0.894. The molecule has 0 aliphatic heterocycles. The van der Waals surface area contributed by atoms with Crippen LogP contribution in [0.25, 0.3) is 0 Å². The van der Waals surface area contributed by atoms with Gasteiger partial charge in [0.15, 0.2) is 0 Å². The van der Waals surface area contributed by atoms with Gasteiger partial charge in [0.1, 0.15) is 5.82 Å². The van der Waals surface area contributed by atoms with E-state index in [4.69, 9.17) is 11.6 Å². The number of aromatic nitrogens is 1. The van der Waals surface area contributed by atoms with Gasteiger partial charge in [-0.15, -0.1) is 0 Å². The van der Waals surface area contributed by atoms with Crippen LogP contribution in [-0.4, -0.2) is 11.0 Å². The highest BCUT2D eigenvalue weighted by Crippen LogP contribution is 2.32. The molecular formula is C17H17ClFN3O. The Morgan fingerprint density at radius 3 is 3.04 bits per heavy atom. The largest absolute Gasteiger partial charge is 0.331 e. The summed E-state index contributed by atoms with van der Waals surface area (Å²) >= 11 is 5.99. The monoisotopic (exact) mass is 333 g/mol. The first-order valence-electron chi connectivity index (χ1n) is 7.50. The van der Waals surface area contributed by atoms with Gasteiger partial charge in [-0.05, 0) is 55.2 Å². The average Bonchev–Trinajstić information content (AvgIpc) is 2.89. The Morgan fingerprint density at radius 1 is 1.43 bits per heavy atom. The number of aryl methyl sites for hydroxylation is 1. The normalized spacial score (nSPS) is 17.4. The van der Waals surface area contributed by atoms with E-state index in [2.05, 4.69) is 15.6 Å². The first-order valence-corrected chi connectivity index (χ1v) is 7.88. The van der Waals surface area contributed by atoms with Gasteiger partial charge in [0.05, 0.1) is 17.8 Å². The van der Waals surface area contributed by atoms with E-state index in [1.807, 2.05) is 18.2 Å². The molecule has 2 amide bonds. The molecule has 3 rings (SSSR count). The Morgan fingerprint density at radius 2 is 2.26 bits per heavy atom. The Kier molecular flexibility index (Phi) is 4.48. The summed E-state index contributed by atoms with van der Waals surface area (Å²) in [5.74, 6) is -0.429. The van der Waals surface area contributed by atoms with Crippen molar-refractivity contribution in [1.29, 1.82) is 0 Å². The number of rotatable bonds is 3. The molecule has 6 heteroatoms. The zero-order valence-corrected chi connectivity index (χ0v) is 13.4.